The van der Waals surface area contributed by atoms with Crippen LogP contribution in [0.1, 0.15) is 5.56 Å². The van der Waals surface area contributed by atoms with Crippen molar-refractivity contribution < 1.29 is 0 Å². The third kappa shape index (κ3) is 0.956. The smallest absolute Gasteiger partial charge is 0.0709 e. The predicted molar refractivity (Wildman–Crippen MR) is 55.3 cm³/mol. The average Bonchev–Trinajstić information content (AvgIpc) is 2.88. The Bertz CT molecular complexity index is 534. The molecule has 1 aliphatic heterocycles. The van der Waals surface area contributed by atoms with Gasteiger partial charge in [0.1, 0.15) is 0 Å². The van der Waals surface area contributed by atoms with E-state index in [-0.39, 0.29) is 0 Å². The molecule has 1 radical (unpaired) electrons. The van der Waals surface area contributed by atoms with E-state index in [2.05, 4.69) is 21.6 Å². The highest BCUT2D eigenvalue weighted by atomic mass is 15.1. The molecule has 2 aromatic rings. The quantitative estimate of drug-likeness (QED) is 0.720. The second-order valence-corrected chi connectivity index (χ2v) is 3.16. The zero-order valence-corrected chi connectivity index (χ0v) is 7.44. The van der Waals surface area contributed by atoms with Crippen LogP contribution in [0.2, 0.25) is 0 Å². The summed E-state index contributed by atoms with van der Waals surface area (Å²) in [6.07, 6.45) is 7.57. The Morgan fingerprint density at radius 2 is 2.21 bits per heavy atom. The molecule has 0 amide bonds. The van der Waals surface area contributed by atoms with Gasteiger partial charge in [0.15, 0.2) is 0 Å². The van der Waals surface area contributed by atoms with Crippen molar-refractivity contribution in [1.29, 1.82) is 0 Å². The minimum atomic E-state index is 0.997. The molecule has 67 valence electrons. The maximum Gasteiger partial charge on any atom is 0.0709 e. The second-order valence-electron chi connectivity index (χ2n) is 3.16. The Labute approximate surface area is 81.1 Å². The van der Waals surface area contributed by atoms with Gasteiger partial charge in [0.2, 0.25) is 0 Å². The Morgan fingerprint density at radius 3 is 3.07 bits per heavy atom. The van der Waals surface area contributed by atoms with Crippen molar-refractivity contribution >= 4 is 16.6 Å². The minimum Gasteiger partial charge on any atom is -0.278 e. The van der Waals surface area contributed by atoms with E-state index in [1.165, 1.54) is 0 Å². The van der Waals surface area contributed by atoms with E-state index in [1.807, 2.05) is 30.5 Å². The number of nitrogens with zero attached hydrogens (tertiary/aromatic N) is 2. The number of fused-ring (bicyclic) bond motifs is 1. The van der Waals surface area contributed by atoms with Crippen LogP contribution < -0.4 is 5.32 Å². The maximum atomic E-state index is 4.27. The van der Waals surface area contributed by atoms with Crippen molar-refractivity contribution in [3.05, 3.63) is 48.3 Å². The first-order valence-electron chi connectivity index (χ1n) is 4.45. The van der Waals surface area contributed by atoms with Crippen LogP contribution >= 0.6 is 0 Å². The fraction of sp³-hybridized carbons (Fsp3) is 0. The topological polar surface area (TPSA) is 42.8 Å². The van der Waals surface area contributed by atoms with Gasteiger partial charge in [0, 0.05) is 17.1 Å². The molecule has 0 bridgehead atoms. The van der Waals surface area contributed by atoms with Gasteiger partial charge in [-0.25, -0.2) is 0 Å². The lowest BCUT2D eigenvalue weighted by Gasteiger charge is -2.02. The van der Waals surface area contributed by atoms with E-state index < -0.39 is 0 Å². The first-order chi connectivity index (χ1) is 6.95. The summed E-state index contributed by atoms with van der Waals surface area (Å²) in [5.41, 5.74) is 3.17. The summed E-state index contributed by atoms with van der Waals surface area (Å²) in [4.78, 5) is 0. The van der Waals surface area contributed by atoms with Gasteiger partial charge in [-0.3, -0.25) is 10.4 Å². The van der Waals surface area contributed by atoms with E-state index in [4.69, 9.17) is 0 Å². The van der Waals surface area contributed by atoms with Crippen molar-refractivity contribution in [2.75, 3.05) is 0 Å². The van der Waals surface area contributed by atoms with Gasteiger partial charge in [-0.05, 0) is 18.2 Å². The first-order valence-corrected chi connectivity index (χ1v) is 4.45. The lowest BCUT2D eigenvalue weighted by molar-refractivity contribution is 1.12. The largest absolute Gasteiger partial charge is 0.278 e. The summed E-state index contributed by atoms with van der Waals surface area (Å²) in [5, 5.41) is 12.4. The lowest BCUT2D eigenvalue weighted by Crippen LogP contribution is -1.91. The summed E-state index contributed by atoms with van der Waals surface area (Å²) in [6, 6.07) is 6.07. The van der Waals surface area contributed by atoms with Gasteiger partial charge >= 0.3 is 0 Å². The standard InChI is InChI=1S/C11H8N3/c1-3-8(10-5-2-6-12-10)9-7-13-14-11(9)4-1/h1-7H,(H,13,14). The number of allylic oxidation sites excluding steroid dienone is 2. The van der Waals surface area contributed by atoms with Crippen LogP contribution in [0, 0.1) is 0 Å². The monoisotopic (exact) mass is 182 g/mol. The molecule has 1 N–H and O–H groups in total. The number of hydrogen-bond acceptors (Lipinski definition) is 1. The van der Waals surface area contributed by atoms with Gasteiger partial charge in [-0.1, -0.05) is 12.1 Å². The Hall–Kier alpha value is -2.03. The van der Waals surface area contributed by atoms with Crippen LogP contribution in [0.3, 0.4) is 0 Å². The van der Waals surface area contributed by atoms with E-state index in [0.717, 1.165) is 22.2 Å². The minimum absolute atomic E-state index is 0.997. The SMILES string of the molecule is C1=C[N]C(c2cccc3[nH]ncc23)=C1. The van der Waals surface area contributed by atoms with Crippen molar-refractivity contribution in [2.24, 2.45) is 0 Å². The number of aromatic amines is 1. The first kappa shape index (κ1) is 7.38. The second kappa shape index (κ2) is 2.73. The zero-order valence-electron chi connectivity index (χ0n) is 7.44. The highest BCUT2D eigenvalue weighted by Gasteiger charge is 2.08. The molecule has 0 fully saturated rings. The van der Waals surface area contributed by atoms with Crippen molar-refractivity contribution in [3.63, 3.8) is 0 Å². The molecule has 14 heavy (non-hydrogen) atoms. The third-order valence-corrected chi connectivity index (χ3v) is 2.31. The number of aromatic nitrogens is 2. The molecule has 3 heteroatoms. The number of benzene rings is 1. The summed E-state index contributed by atoms with van der Waals surface area (Å²) >= 11 is 0. The number of H-pyrrole nitrogens is 1. The summed E-state index contributed by atoms with van der Waals surface area (Å²) in [6.45, 7) is 0. The van der Waals surface area contributed by atoms with Crippen LogP contribution in [-0.2, 0) is 0 Å². The predicted octanol–water partition coefficient (Wildman–Crippen LogP) is 2.04. The van der Waals surface area contributed by atoms with Gasteiger partial charge in [0.25, 0.3) is 0 Å². The normalized spacial score (nSPS) is 14.4. The molecular formula is C11H8N3. The number of rotatable bonds is 1. The average molecular weight is 182 g/mol. The van der Waals surface area contributed by atoms with Gasteiger partial charge in [-0.15, -0.1) is 0 Å². The summed E-state index contributed by atoms with van der Waals surface area (Å²) in [7, 11) is 0. The van der Waals surface area contributed by atoms with E-state index in [9.17, 15) is 0 Å². The van der Waals surface area contributed by atoms with Crippen molar-refractivity contribution in [3.8, 4) is 0 Å². The molecule has 0 atom stereocenters. The van der Waals surface area contributed by atoms with E-state index in [1.54, 1.807) is 6.20 Å². The molecule has 0 spiro atoms. The molecule has 2 heterocycles. The maximum absolute atomic E-state index is 4.27. The Kier molecular flexibility index (Phi) is 1.44. The molecule has 1 aromatic heterocycles. The van der Waals surface area contributed by atoms with Gasteiger partial charge in [0.05, 0.1) is 17.4 Å². The van der Waals surface area contributed by atoms with Crippen LogP contribution in [0.25, 0.3) is 16.6 Å². The summed E-state index contributed by atoms with van der Waals surface area (Å²) < 4.78 is 0. The highest BCUT2D eigenvalue weighted by molar-refractivity contribution is 5.91. The molecule has 1 aromatic carbocycles. The van der Waals surface area contributed by atoms with Gasteiger partial charge in [-0.2, -0.15) is 5.10 Å². The fourth-order valence-corrected chi connectivity index (χ4v) is 1.65. The number of hydrogen-bond donors (Lipinski definition) is 1. The molecule has 3 rings (SSSR count). The molecule has 0 saturated carbocycles. The number of nitrogens with one attached hydrogen (secondary N) is 1. The van der Waals surface area contributed by atoms with Crippen LogP contribution in [-0.4, -0.2) is 10.2 Å². The van der Waals surface area contributed by atoms with Crippen LogP contribution in [0.4, 0.5) is 0 Å². The highest BCUT2D eigenvalue weighted by Crippen LogP contribution is 2.24. The molecule has 0 unspecified atom stereocenters. The van der Waals surface area contributed by atoms with E-state index in [0.29, 0.717) is 0 Å². The molecule has 3 nitrogen and oxygen atoms in total. The molecule has 0 aliphatic carbocycles. The lowest BCUT2D eigenvalue weighted by atomic mass is 10.1. The summed E-state index contributed by atoms with van der Waals surface area (Å²) in [5.74, 6) is 0. The van der Waals surface area contributed by atoms with Crippen molar-refractivity contribution in [1.82, 2.24) is 15.5 Å². The Morgan fingerprint density at radius 1 is 1.21 bits per heavy atom. The van der Waals surface area contributed by atoms with Crippen LogP contribution in [0.5, 0.6) is 0 Å². The van der Waals surface area contributed by atoms with Crippen LogP contribution in [0.15, 0.2) is 42.7 Å². The van der Waals surface area contributed by atoms with Crippen molar-refractivity contribution in [2.45, 2.75) is 0 Å². The Balaban J connectivity index is 2.25. The molecular weight excluding hydrogens is 174 g/mol. The zero-order chi connectivity index (χ0) is 9.38. The fourth-order valence-electron chi connectivity index (χ4n) is 1.65. The molecule has 1 aliphatic rings. The molecule has 0 saturated heterocycles. The van der Waals surface area contributed by atoms with E-state index >= 15 is 0 Å². The van der Waals surface area contributed by atoms with Gasteiger partial charge < -0.3 is 0 Å². The third-order valence-electron chi connectivity index (χ3n) is 2.31.